The number of thiol groups is 1. The van der Waals surface area contributed by atoms with Crippen LogP contribution in [0, 0.1) is 0 Å². The summed E-state index contributed by atoms with van der Waals surface area (Å²) in [6.45, 7) is 0. The van der Waals surface area contributed by atoms with Gasteiger partial charge in [-0.1, -0.05) is 36.5 Å². The molecule has 1 atom stereocenters. The van der Waals surface area contributed by atoms with Crippen LogP contribution in [0.15, 0.2) is 24.3 Å². The first kappa shape index (κ1) is 6.43. The summed E-state index contributed by atoms with van der Waals surface area (Å²) >= 11 is 8.63. The molecule has 1 N–H and O–H groups in total. The second kappa shape index (κ2) is 3.78. The minimum absolute atomic E-state index is 0.361. The van der Waals surface area contributed by atoms with Crippen molar-refractivity contribution in [3.63, 3.8) is 0 Å². The monoisotopic (exact) mass is 172 g/mol. The van der Waals surface area contributed by atoms with E-state index in [-0.39, 0.29) is 0 Å². The van der Waals surface area contributed by atoms with Crippen molar-refractivity contribution in [2.45, 2.75) is 12.4 Å². The Labute approximate surface area is 73.0 Å². The van der Waals surface area contributed by atoms with Crippen LogP contribution in [0.1, 0.15) is 7.79 Å². The fourth-order valence-electron chi connectivity index (χ4n) is 0.743. The zero-order chi connectivity index (χ0) is 8.32. The molecular formula is C7H9NS2. The van der Waals surface area contributed by atoms with Crippen molar-refractivity contribution < 1.29 is 1.37 Å². The lowest BCUT2D eigenvalue weighted by atomic mass is 10.1. The highest BCUT2D eigenvalue weighted by atomic mass is 32.1. The quantitative estimate of drug-likeness (QED) is 0.461. The lowest BCUT2D eigenvalue weighted by Gasteiger charge is -2.13. The molecule has 0 amide bonds. The first-order chi connectivity index (χ1) is 5.12. The molecule has 1 rings (SSSR count). The van der Waals surface area contributed by atoms with E-state index in [2.05, 4.69) is 17.9 Å². The summed E-state index contributed by atoms with van der Waals surface area (Å²) in [6, 6.07) is -0.784. The molecule has 0 aromatic carbocycles. The molecule has 0 heterocycles. The van der Waals surface area contributed by atoms with Gasteiger partial charge in [0.1, 0.15) is 4.32 Å². The molecule has 0 saturated carbocycles. The minimum atomic E-state index is -0.784. The van der Waals surface area contributed by atoms with E-state index in [1.54, 1.807) is 6.08 Å². The average molecular weight is 172 g/mol. The molecule has 1 aliphatic rings. The maximum atomic E-state index is 7.77. The Morgan fingerprint density at radius 2 is 2.60 bits per heavy atom. The van der Waals surface area contributed by atoms with Crippen molar-refractivity contribution in [2.75, 3.05) is 0 Å². The highest BCUT2D eigenvalue weighted by molar-refractivity contribution is 8.11. The van der Waals surface area contributed by atoms with Crippen molar-refractivity contribution in [3.8, 4) is 0 Å². The second-order valence-corrected chi connectivity index (χ2v) is 3.10. The normalized spacial score (nSPS) is 31.5. The number of thiocarbonyl (C=S) groups is 1. The summed E-state index contributed by atoms with van der Waals surface area (Å²) < 4.78 is 8.13. The van der Waals surface area contributed by atoms with E-state index in [4.69, 9.17) is 13.6 Å². The number of nitrogens with one attached hydrogen (secondary N) is 1. The number of hydrogen-bond acceptors (Lipinski definition) is 1. The lowest BCUT2D eigenvalue weighted by molar-refractivity contribution is 0.746. The molecule has 0 aromatic rings. The first-order valence-corrected chi connectivity index (χ1v) is 3.83. The molecule has 0 bridgehead atoms. The van der Waals surface area contributed by atoms with Gasteiger partial charge >= 0.3 is 0 Å². The molecule has 1 unspecified atom stereocenters. The fourth-order valence-corrected chi connectivity index (χ4v) is 1.02. The topological polar surface area (TPSA) is 12.0 Å². The van der Waals surface area contributed by atoms with Crippen LogP contribution in [-0.4, -0.2) is 10.3 Å². The van der Waals surface area contributed by atoms with Gasteiger partial charge in [0.15, 0.2) is 0 Å². The van der Waals surface area contributed by atoms with E-state index in [9.17, 15) is 0 Å². The van der Waals surface area contributed by atoms with Crippen LogP contribution in [0.2, 0.25) is 0 Å². The van der Waals surface area contributed by atoms with Crippen molar-refractivity contribution in [1.29, 1.82) is 0 Å². The maximum absolute atomic E-state index is 7.77. The largest absolute Gasteiger partial charge is 0.365 e. The summed E-state index contributed by atoms with van der Waals surface area (Å²) in [6.07, 6.45) is 8.05. The van der Waals surface area contributed by atoms with Gasteiger partial charge in [-0.05, 0) is 6.42 Å². The number of hydrogen-bond donors (Lipinski definition) is 2. The molecule has 0 aliphatic heterocycles. The van der Waals surface area contributed by atoms with E-state index in [0.29, 0.717) is 10.7 Å². The minimum Gasteiger partial charge on any atom is -0.365 e. The molecule has 0 aromatic heterocycles. The van der Waals surface area contributed by atoms with Crippen LogP contribution in [0.4, 0.5) is 0 Å². The molecular weight excluding hydrogens is 162 g/mol. The molecule has 0 radical (unpaired) electrons. The standard InChI is InChI=1S/C7H9NS2/c9-7(10)8-6-4-2-1-3-5-6/h1-4,6H,5H2,(H2,8,9,10)/i6D. The van der Waals surface area contributed by atoms with Crippen molar-refractivity contribution in [1.82, 2.24) is 5.32 Å². The number of rotatable bonds is 1. The second-order valence-electron chi connectivity index (χ2n) is 1.95. The molecule has 0 fully saturated rings. The van der Waals surface area contributed by atoms with E-state index in [1.807, 2.05) is 18.2 Å². The molecule has 1 aliphatic carbocycles. The van der Waals surface area contributed by atoms with E-state index < -0.39 is 6.02 Å². The Kier molecular flexibility index (Phi) is 2.43. The van der Waals surface area contributed by atoms with Gasteiger partial charge in [-0.2, -0.15) is 0 Å². The summed E-state index contributed by atoms with van der Waals surface area (Å²) in [5, 5.41) is 2.78. The van der Waals surface area contributed by atoms with Crippen molar-refractivity contribution >= 4 is 29.2 Å². The zero-order valence-corrected chi connectivity index (χ0v) is 7.08. The van der Waals surface area contributed by atoms with Crippen LogP contribution < -0.4 is 5.32 Å². The molecule has 0 spiro atoms. The fraction of sp³-hybridized carbons (Fsp3) is 0.286. The van der Waals surface area contributed by atoms with Gasteiger partial charge in [0.05, 0.1) is 1.37 Å². The van der Waals surface area contributed by atoms with Crippen molar-refractivity contribution in [2.24, 2.45) is 0 Å². The zero-order valence-electron chi connectivity index (χ0n) is 6.37. The third kappa shape index (κ3) is 2.54. The van der Waals surface area contributed by atoms with E-state index in [0.717, 1.165) is 0 Å². The van der Waals surface area contributed by atoms with Gasteiger partial charge in [-0.15, -0.1) is 12.6 Å². The van der Waals surface area contributed by atoms with Gasteiger partial charge in [0.25, 0.3) is 0 Å². The van der Waals surface area contributed by atoms with Crippen molar-refractivity contribution in [3.05, 3.63) is 24.3 Å². The average Bonchev–Trinajstić information content (AvgIpc) is 1.85. The third-order valence-corrected chi connectivity index (χ3v) is 1.36. The third-order valence-electron chi connectivity index (χ3n) is 1.15. The highest BCUT2D eigenvalue weighted by Gasteiger charge is 2.02. The Morgan fingerprint density at radius 1 is 1.80 bits per heavy atom. The Hall–Kier alpha value is -0.280. The highest BCUT2D eigenvalue weighted by Crippen LogP contribution is 2.02. The van der Waals surface area contributed by atoms with Gasteiger partial charge in [0.2, 0.25) is 0 Å². The summed E-state index contributed by atoms with van der Waals surface area (Å²) in [7, 11) is 0. The predicted molar refractivity (Wildman–Crippen MR) is 51.4 cm³/mol. The SMILES string of the molecule is [2H]C1(NC(=S)S)C=CC=CC1. The first-order valence-electron chi connectivity index (χ1n) is 3.48. The van der Waals surface area contributed by atoms with Gasteiger partial charge in [-0.25, -0.2) is 0 Å². The molecule has 3 heteroatoms. The number of allylic oxidation sites excluding steroid dienone is 2. The molecule has 0 saturated heterocycles. The van der Waals surface area contributed by atoms with Crippen LogP contribution in [-0.2, 0) is 0 Å². The smallest absolute Gasteiger partial charge is 0.131 e. The van der Waals surface area contributed by atoms with Crippen LogP contribution in [0.3, 0.4) is 0 Å². The van der Waals surface area contributed by atoms with Crippen LogP contribution >= 0.6 is 24.8 Å². The van der Waals surface area contributed by atoms with Crippen LogP contribution in [0.5, 0.6) is 0 Å². The summed E-state index contributed by atoms with van der Waals surface area (Å²) in [5.41, 5.74) is 0. The Morgan fingerprint density at radius 3 is 3.10 bits per heavy atom. The molecule has 1 nitrogen and oxygen atoms in total. The maximum Gasteiger partial charge on any atom is 0.131 e. The Balaban J connectivity index is 2.61. The van der Waals surface area contributed by atoms with Gasteiger partial charge < -0.3 is 5.32 Å². The molecule has 54 valence electrons. The van der Waals surface area contributed by atoms with Crippen LogP contribution in [0.25, 0.3) is 0 Å². The lowest BCUT2D eigenvalue weighted by Crippen LogP contribution is -2.29. The summed E-state index contributed by atoms with van der Waals surface area (Å²) in [5.74, 6) is 0. The molecule has 10 heavy (non-hydrogen) atoms. The predicted octanol–water partition coefficient (Wildman–Crippen LogP) is 1.68. The Bertz CT molecular complexity index is 224. The summed E-state index contributed by atoms with van der Waals surface area (Å²) in [4.78, 5) is 0. The van der Waals surface area contributed by atoms with E-state index >= 15 is 0 Å². The van der Waals surface area contributed by atoms with Gasteiger partial charge in [-0.3, -0.25) is 0 Å². The van der Waals surface area contributed by atoms with E-state index in [1.165, 1.54) is 0 Å². The van der Waals surface area contributed by atoms with Gasteiger partial charge in [0, 0.05) is 6.02 Å².